The molecule has 0 aliphatic heterocycles. The molecule has 0 saturated carbocycles. The Labute approximate surface area is 201 Å². The monoisotopic (exact) mass is 503 g/mol. The molecule has 0 atom stereocenters. The molecule has 14 heteroatoms. The van der Waals surface area contributed by atoms with Gasteiger partial charge in [-0.05, 0) is 34.7 Å². The van der Waals surface area contributed by atoms with Crippen LogP contribution in [0.25, 0.3) is 5.69 Å². The van der Waals surface area contributed by atoms with E-state index in [9.17, 15) is 18.0 Å². The van der Waals surface area contributed by atoms with Gasteiger partial charge in [0.25, 0.3) is 0 Å². The van der Waals surface area contributed by atoms with E-state index in [0.29, 0.717) is 11.4 Å². The fraction of sp³-hybridized carbons (Fsp3) is 0.190. The second kappa shape index (κ2) is 10.4. The maximum absolute atomic E-state index is 15.0. The van der Waals surface area contributed by atoms with Gasteiger partial charge in [0.05, 0.1) is 35.9 Å². The Balaban J connectivity index is 1.43. The standard InChI is InChI=1S/C21H17ClF3N9O/c22-14-9-29-20(30-11-21(24,25)17-5-1-2-6-27-17)19(23)13(14)8-18(35)28-10-15-16(4-3-7-26-15)34-12-31-32-33-34/h1-7,9,12H,8,10-11H2,(H,28,35)(H,29,30). The van der Waals surface area contributed by atoms with Gasteiger partial charge in [0.2, 0.25) is 5.91 Å². The van der Waals surface area contributed by atoms with Gasteiger partial charge < -0.3 is 10.6 Å². The van der Waals surface area contributed by atoms with Gasteiger partial charge in [0.1, 0.15) is 12.0 Å². The molecule has 0 bridgehead atoms. The molecule has 4 rings (SSSR count). The lowest BCUT2D eigenvalue weighted by Crippen LogP contribution is -2.28. The highest BCUT2D eigenvalue weighted by molar-refractivity contribution is 6.31. The third kappa shape index (κ3) is 5.69. The molecule has 180 valence electrons. The Bertz CT molecular complexity index is 1310. The van der Waals surface area contributed by atoms with Gasteiger partial charge in [-0.1, -0.05) is 17.7 Å². The number of aromatic nitrogens is 7. The van der Waals surface area contributed by atoms with Crippen molar-refractivity contribution in [3.8, 4) is 5.69 Å². The van der Waals surface area contributed by atoms with Crippen LogP contribution in [0.4, 0.5) is 19.0 Å². The molecular formula is C21H17ClF3N9O. The number of pyridine rings is 3. The number of anilines is 1. The first-order valence-electron chi connectivity index (χ1n) is 10.1. The minimum absolute atomic E-state index is 0.000589. The Morgan fingerprint density at radius 3 is 2.69 bits per heavy atom. The smallest absolute Gasteiger partial charge is 0.306 e. The number of carbonyl (C=O) groups excluding carboxylic acids is 1. The van der Waals surface area contributed by atoms with Gasteiger partial charge in [0.15, 0.2) is 11.6 Å². The highest BCUT2D eigenvalue weighted by Gasteiger charge is 2.33. The second-order valence-electron chi connectivity index (χ2n) is 7.20. The highest BCUT2D eigenvalue weighted by atomic mass is 35.5. The van der Waals surface area contributed by atoms with Gasteiger partial charge >= 0.3 is 5.92 Å². The molecule has 35 heavy (non-hydrogen) atoms. The second-order valence-corrected chi connectivity index (χ2v) is 7.60. The molecule has 4 heterocycles. The molecule has 0 saturated heterocycles. The van der Waals surface area contributed by atoms with Gasteiger partial charge in [-0.25, -0.2) is 9.37 Å². The van der Waals surface area contributed by atoms with Crippen LogP contribution in [0.3, 0.4) is 0 Å². The molecule has 0 aliphatic rings. The van der Waals surface area contributed by atoms with Crippen LogP contribution in [0, 0.1) is 5.82 Å². The van der Waals surface area contributed by atoms with Gasteiger partial charge in [0, 0.05) is 24.2 Å². The predicted octanol–water partition coefficient (Wildman–Crippen LogP) is 2.70. The Morgan fingerprint density at radius 2 is 1.94 bits per heavy atom. The Kier molecular flexibility index (Phi) is 7.15. The predicted molar refractivity (Wildman–Crippen MR) is 118 cm³/mol. The highest BCUT2D eigenvalue weighted by Crippen LogP contribution is 2.28. The average Bonchev–Trinajstić information content (AvgIpc) is 3.40. The van der Waals surface area contributed by atoms with E-state index < -0.39 is 42.1 Å². The SMILES string of the molecule is O=C(Cc1c(Cl)cnc(NCC(F)(F)c2ccccn2)c1F)NCc1ncccc1-n1cnnn1. The summed E-state index contributed by atoms with van der Waals surface area (Å²) in [6.07, 6.45) is 4.78. The Morgan fingerprint density at radius 1 is 1.11 bits per heavy atom. The summed E-state index contributed by atoms with van der Waals surface area (Å²) in [5, 5.41) is 15.7. The van der Waals surface area contributed by atoms with Gasteiger partial charge in [-0.3, -0.25) is 14.8 Å². The third-order valence-corrected chi connectivity index (χ3v) is 5.16. The largest absolute Gasteiger partial charge is 0.361 e. The van der Waals surface area contributed by atoms with Crippen molar-refractivity contribution in [2.24, 2.45) is 0 Å². The number of amides is 1. The van der Waals surface area contributed by atoms with Crippen molar-refractivity contribution in [3.05, 3.63) is 83.0 Å². The molecule has 10 nitrogen and oxygen atoms in total. The number of rotatable bonds is 9. The molecular weight excluding hydrogens is 487 g/mol. The number of nitrogens with zero attached hydrogens (tertiary/aromatic N) is 7. The van der Waals surface area contributed by atoms with E-state index in [-0.39, 0.29) is 17.1 Å². The van der Waals surface area contributed by atoms with E-state index in [1.165, 1.54) is 35.5 Å². The minimum Gasteiger partial charge on any atom is -0.361 e. The molecule has 4 aromatic rings. The number of hydrogen-bond acceptors (Lipinski definition) is 8. The van der Waals surface area contributed by atoms with Crippen LogP contribution in [0.15, 0.2) is 55.2 Å². The van der Waals surface area contributed by atoms with Crippen LogP contribution in [0.5, 0.6) is 0 Å². The maximum Gasteiger partial charge on any atom is 0.306 e. The number of tetrazole rings is 1. The molecule has 0 radical (unpaired) electrons. The van der Waals surface area contributed by atoms with E-state index in [1.54, 1.807) is 12.1 Å². The van der Waals surface area contributed by atoms with Crippen molar-refractivity contribution in [1.82, 2.24) is 40.5 Å². The first-order valence-corrected chi connectivity index (χ1v) is 10.5. The van der Waals surface area contributed by atoms with Crippen molar-refractivity contribution in [1.29, 1.82) is 0 Å². The summed E-state index contributed by atoms with van der Waals surface area (Å²) in [5.41, 5.74) is 0.348. The summed E-state index contributed by atoms with van der Waals surface area (Å²) in [6.45, 7) is -0.957. The van der Waals surface area contributed by atoms with E-state index >= 15 is 0 Å². The van der Waals surface area contributed by atoms with Crippen LogP contribution in [-0.4, -0.2) is 47.6 Å². The van der Waals surface area contributed by atoms with Crippen molar-refractivity contribution in [2.75, 3.05) is 11.9 Å². The van der Waals surface area contributed by atoms with Crippen molar-refractivity contribution in [3.63, 3.8) is 0 Å². The molecule has 0 spiro atoms. The number of alkyl halides is 2. The van der Waals surface area contributed by atoms with Gasteiger partial charge in [-0.15, -0.1) is 5.10 Å². The van der Waals surface area contributed by atoms with E-state index in [2.05, 4.69) is 41.1 Å². The number of carbonyl (C=O) groups is 1. The van der Waals surface area contributed by atoms with Crippen LogP contribution >= 0.6 is 11.6 Å². The third-order valence-electron chi connectivity index (χ3n) is 4.84. The molecule has 0 aliphatic carbocycles. The van der Waals surface area contributed by atoms with Crippen molar-refractivity contribution >= 4 is 23.3 Å². The van der Waals surface area contributed by atoms with Crippen LogP contribution in [0.2, 0.25) is 5.02 Å². The van der Waals surface area contributed by atoms with E-state index in [1.807, 2.05) is 0 Å². The van der Waals surface area contributed by atoms with Crippen molar-refractivity contribution < 1.29 is 18.0 Å². The molecule has 0 unspecified atom stereocenters. The number of hydrogen-bond donors (Lipinski definition) is 2. The quantitative estimate of drug-likeness (QED) is 0.357. The fourth-order valence-electron chi connectivity index (χ4n) is 3.10. The minimum atomic E-state index is -3.38. The van der Waals surface area contributed by atoms with E-state index in [0.717, 1.165) is 12.3 Å². The summed E-state index contributed by atoms with van der Waals surface area (Å²) in [6, 6.07) is 7.48. The summed E-state index contributed by atoms with van der Waals surface area (Å²) in [5.74, 6) is -5.42. The zero-order chi connectivity index (χ0) is 24.8. The Hall–Kier alpha value is -4.13. The summed E-state index contributed by atoms with van der Waals surface area (Å²) in [7, 11) is 0. The van der Waals surface area contributed by atoms with Crippen LogP contribution in [0.1, 0.15) is 17.0 Å². The maximum atomic E-state index is 15.0. The van der Waals surface area contributed by atoms with Crippen LogP contribution in [-0.2, 0) is 23.7 Å². The lowest BCUT2D eigenvalue weighted by atomic mass is 10.1. The summed E-state index contributed by atoms with van der Waals surface area (Å²) in [4.78, 5) is 24.1. The van der Waals surface area contributed by atoms with E-state index in [4.69, 9.17) is 11.6 Å². The molecule has 0 aromatic carbocycles. The lowest BCUT2D eigenvalue weighted by Gasteiger charge is -2.18. The van der Waals surface area contributed by atoms with Crippen molar-refractivity contribution in [2.45, 2.75) is 18.9 Å². The fourth-order valence-corrected chi connectivity index (χ4v) is 3.30. The van der Waals surface area contributed by atoms with Crippen LogP contribution < -0.4 is 10.6 Å². The molecule has 0 fully saturated rings. The molecule has 2 N–H and O–H groups in total. The first-order chi connectivity index (χ1) is 16.8. The lowest BCUT2D eigenvalue weighted by molar-refractivity contribution is -0.120. The van der Waals surface area contributed by atoms with Gasteiger partial charge in [-0.2, -0.15) is 13.5 Å². The first kappa shape index (κ1) is 24.0. The molecule has 1 amide bonds. The zero-order valence-corrected chi connectivity index (χ0v) is 18.6. The topological polar surface area (TPSA) is 123 Å². The summed E-state index contributed by atoms with van der Waals surface area (Å²) < 4.78 is 45.1. The number of halogens is 4. The average molecular weight is 504 g/mol. The molecule has 4 aromatic heterocycles. The normalized spacial score (nSPS) is 11.3. The number of nitrogens with one attached hydrogen (secondary N) is 2. The summed E-state index contributed by atoms with van der Waals surface area (Å²) >= 11 is 6.04. The zero-order valence-electron chi connectivity index (χ0n) is 17.9.